The number of carbonyl (C=O) groups excluding carboxylic acids is 1. The molecule has 4 saturated carbocycles. The van der Waals surface area contributed by atoms with Crippen molar-refractivity contribution in [2.45, 2.75) is 38.5 Å². The number of rotatable bonds is 5. The first-order valence-corrected chi connectivity index (χ1v) is 10.3. The predicted octanol–water partition coefficient (Wildman–Crippen LogP) is 5.05. The fourth-order valence-corrected chi connectivity index (χ4v) is 6.32. The van der Waals surface area contributed by atoms with Crippen molar-refractivity contribution in [3.05, 3.63) is 35.9 Å². The van der Waals surface area contributed by atoms with Crippen molar-refractivity contribution in [1.29, 1.82) is 0 Å². The Morgan fingerprint density at radius 3 is 2.32 bits per heavy atom. The van der Waals surface area contributed by atoms with Gasteiger partial charge in [-0.2, -0.15) is 0 Å². The molecular weight excluding hydrogens is 350 g/mol. The molecule has 4 aliphatic rings. The van der Waals surface area contributed by atoms with E-state index in [1.807, 2.05) is 30.3 Å². The molecule has 1 heterocycles. The molecule has 0 saturated heterocycles. The summed E-state index contributed by atoms with van der Waals surface area (Å²) in [7, 11) is 3.28. The van der Waals surface area contributed by atoms with Gasteiger partial charge in [-0.15, -0.1) is 0 Å². The zero-order valence-corrected chi connectivity index (χ0v) is 16.6. The Hall–Kier alpha value is -2.36. The lowest BCUT2D eigenvalue weighted by Crippen LogP contribution is -2.49. The van der Waals surface area contributed by atoms with Gasteiger partial charge in [-0.3, -0.25) is 4.79 Å². The maximum Gasteiger partial charge on any atom is 0.221 e. The molecule has 1 aromatic carbocycles. The van der Waals surface area contributed by atoms with Crippen LogP contribution < -0.4 is 9.47 Å². The van der Waals surface area contributed by atoms with Crippen LogP contribution in [0.25, 0.3) is 17.0 Å². The molecule has 0 N–H and O–H groups in total. The summed E-state index contributed by atoms with van der Waals surface area (Å²) in [5.41, 5.74) is 1.58. The van der Waals surface area contributed by atoms with Gasteiger partial charge in [-0.1, -0.05) is 0 Å². The number of hydrogen-bond acceptors (Lipinski definition) is 4. The Labute approximate surface area is 165 Å². The number of nitrogens with zero attached hydrogens (tertiary/aromatic N) is 1. The van der Waals surface area contributed by atoms with Gasteiger partial charge in [0.05, 0.1) is 19.7 Å². The lowest BCUT2D eigenvalue weighted by atomic mass is 9.48. The number of hydrogen-bond donors (Lipinski definition) is 0. The molecule has 0 unspecified atom stereocenters. The third-order valence-corrected chi connectivity index (χ3v) is 7.18. The molecule has 2 aromatic rings. The molecule has 0 spiro atoms. The van der Waals surface area contributed by atoms with E-state index in [0.717, 1.165) is 59.2 Å². The lowest BCUT2D eigenvalue weighted by Gasteiger charge is -2.55. The molecule has 4 heteroatoms. The van der Waals surface area contributed by atoms with E-state index in [9.17, 15) is 4.79 Å². The fourth-order valence-electron chi connectivity index (χ4n) is 6.32. The fraction of sp³-hybridized carbons (Fsp3) is 0.500. The first-order valence-electron chi connectivity index (χ1n) is 10.3. The maximum atomic E-state index is 13.3. The van der Waals surface area contributed by atoms with E-state index in [4.69, 9.17) is 9.47 Å². The van der Waals surface area contributed by atoms with Crippen LogP contribution in [0.5, 0.6) is 11.6 Å². The number of pyridine rings is 1. The van der Waals surface area contributed by atoms with Gasteiger partial charge >= 0.3 is 0 Å². The van der Waals surface area contributed by atoms with E-state index in [-0.39, 0.29) is 5.41 Å². The van der Waals surface area contributed by atoms with Crippen LogP contribution in [0, 0.1) is 23.2 Å². The Morgan fingerprint density at radius 2 is 1.71 bits per heavy atom. The van der Waals surface area contributed by atoms with Gasteiger partial charge in [0.2, 0.25) is 5.88 Å². The van der Waals surface area contributed by atoms with Crippen LogP contribution in [0.3, 0.4) is 0 Å². The van der Waals surface area contributed by atoms with Crippen molar-refractivity contribution in [3.8, 4) is 11.6 Å². The average Bonchev–Trinajstić information content (AvgIpc) is 2.69. The highest BCUT2D eigenvalue weighted by Gasteiger charge is 2.53. The third-order valence-electron chi connectivity index (χ3n) is 7.18. The summed E-state index contributed by atoms with van der Waals surface area (Å²) < 4.78 is 10.8. The monoisotopic (exact) mass is 377 g/mol. The van der Waals surface area contributed by atoms with E-state index in [2.05, 4.69) is 4.98 Å². The topological polar surface area (TPSA) is 48.4 Å². The number of ketones is 1. The molecule has 146 valence electrons. The summed E-state index contributed by atoms with van der Waals surface area (Å²) in [4.78, 5) is 17.9. The summed E-state index contributed by atoms with van der Waals surface area (Å²) in [6.45, 7) is 0. The summed E-state index contributed by atoms with van der Waals surface area (Å²) in [6.07, 6.45) is 11.0. The van der Waals surface area contributed by atoms with Gasteiger partial charge in [0.1, 0.15) is 5.75 Å². The molecule has 28 heavy (non-hydrogen) atoms. The lowest BCUT2D eigenvalue weighted by molar-refractivity contribution is -0.138. The Balaban J connectivity index is 1.45. The van der Waals surface area contributed by atoms with Crippen LogP contribution in [-0.2, 0) is 4.79 Å². The standard InChI is InChI=1S/C24H27NO3/c1-27-20-4-5-21-19(11-20)10-18(23(25-21)28-2)3-6-22(26)24-12-15-7-16(13-24)9-17(8-15)14-24/h3-6,10-11,15-17H,7-9,12-14H2,1-2H3/b6-3+. The Bertz CT molecular complexity index is 926. The van der Waals surface area contributed by atoms with Crippen molar-refractivity contribution in [2.75, 3.05) is 14.2 Å². The summed E-state index contributed by atoms with van der Waals surface area (Å²) in [6, 6.07) is 7.79. The molecular formula is C24H27NO3. The summed E-state index contributed by atoms with van der Waals surface area (Å²) in [5, 5.41) is 0.974. The van der Waals surface area contributed by atoms with E-state index in [0.29, 0.717) is 11.7 Å². The SMILES string of the molecule is COc1ccc2nc(OC)c(/C=C/C(=O)C34CC5CC(CC(C5)C3)C4)cc2c1. The molecule has 0 aliphatic heterocycles. The number of aromatic nitrogens is 1. The van der Waals surface area contributed by atoms with Crippen LogP contribution in [0.15, 0.2) is 30.3 Å². The summed E-state index contributed by atoms with van der Waals surface area (Å²) in [5.74, 6) is 3.96. The average molecular weight is 377 g/mol. The van der Waals surface area contributed by atoms with Crippen molar-refractivity contribution in [3.63, 3.8) is 0 Å². The minimum atomic E-state index is -0.105. The number of allylic oxidation sites excluding steroid dienone is 1. The normalized spacial score (nSPS) is 30.9. The van der Waals surface area contributed by atoms with Crippen LogP contribution in [0.1, 0.15) is 44.1 Å². The number of carbonyl (C=O) groups is 1. The zero-order valence-electron chi connectivity index (χ0n) is 16.6. The highest BCUT2D eigenvalue weighted by atomic mass is 16.5. The molecule has 6 rings (SSSR count). The van der Waals surface area contributed by atoms with Gasteiger partial charge < -0.3 is 9.47 Å². The largest absolute Gasteiger partial charge is 0.497 e. The number of methoxy groups -OCH3 is 2. The van der Waals surface area contributed by atoms with Crippen LogP contribution in [0.2, 0.25) is 0 Å². The van der Waals surface area contributed by atoms with E-state index in [1.165, 1.54) is 19.3 Å². The van der Waals surface area contributed by atoms with Crippen molar-refractivity contribution in [1.82, 2.24) is 4.98 Å². The molecule has 0 radical (unpaired) electrons. The molecule has 4 bridgehead atoms. The van der Waals surface area contributed by atoms with Crippen LogP contribution in [-0.4, -0.2) is 25.0 Å². The molecule has 0 atom stereocenters. The predicted molar refractivity (Wildman–Crippen MR) is 109 cm³/mol. The van der Waals surface area contributed by atoms with Gasteiger partial charge in [0.25, 0.3) is 0 Å². The number of fused-ring (bicyclic) bond motifs is 1. The van der Waals surface area contributed by atoms with Crippen molar-refractivity contribution in [2.24, 2.45) is 23.2 Å². The van der Waals surface area contributed by atoms with Gasteiger partial charge in [0.15, 0.2) is 5.78 Å². The highest BCUT2D eigenvalue weighted by molar-refractivity contribution is 5.99. The highest BCUT2D eigenvalue weighted by Crippen LogP contribution is 2.60. The van der Waals surface area contributed by atoms with E-state index >= 15 is 0 Å². The van der Waals surface area contributed by atoms with Gasteiger partial charge in [-0.05, 0) is 92.7 Å². The van der Waals surface area contributed by atoms with Crippen LogP contribution >= 0.6 is 0 Å². The van der Waals surface area contributed by atoms with Gasteiger partial charge in [-0.25, -0.2) is 4.98 Å². The minimum absolute atomic E-state index is 0.105. The summed E-state index contributed by atoms with van der Waals surface area (Å²) >= 11 is 0. The third kappa shape index (κ3) is 2.90. The quantitative estimate of drug-likeness (QED) is 0.684. The second-order valence-electron chi connectivity index (χ2n) is 9.04. The Kier molecular flexibility index (Phi) is 4.18. The minimum Gasteiger partial charge on any atom is -0.497 e. The molecule has 4 aliphatic carbocycles. The molecule has 0 amide bonds. The molecule has 1 aromatic heterocycles. The van der Waals surface area contributed by atoms with Gasteiger partial charge in [0, 0.05) is 16.4 Å². The van der Waals surface area contributed by atoms with Crippen LogP contribution in [0.4, 0.5) is 0 Å². The number of ether oxygens (including phenoxy) is 2. The molecule has 4 nitrogen and oxygen atoms in total. The second-order valence-corrected chi connectivity index (χ2v) is 9.04. The Morgan fingerprint density at radius 1 is 1.04 bits per heavy atom. The van der Waals surface area contributed by atoms with Crippen molar-refractivity contribution >= 4 is 22.8 Å². The second kappa shape index (κ2) is 6.61. The van der Waals surface area contributed by atoms with E-state index < -0.39 is 0 Å². The maximum absolute atomic E-state index is 13.3. The molecule has 4 fully saturated rings. The number of benzene rings is 1. The zero-order chi connectivity index (χ0) is 19.3. The van der Waals surface area contributed by atoms with E-state index in [1.54, 1.807) is 20.3 Å². The first kappa shape index (κ1) is 17.7. The van der Waals surface area contributed by atoms with Crippen molar-refractivity contribution < 1.29 is 14.3 Å². The smallest absolute Gasteiger partial charge is 0.221 e. The first-order chi connectivity index (χ1) is 13.6.